The van der Waals surface area contributed by atoms with Crippen LogP contribution in [0.25, 0.3) is 11.1 Å². The zero-order valence-electron chi connectivity index (χ0n) is 16.6. The number of rotatable bonds is 6. The van der Waals surface area contributed by atoms with E-state index in [-0.39, 0.29) is 11.8 Å². The number of hydrogen-bond donors (Lipinski definition) is 2. The first-order valence-corrected chi connectivity index (χ1v) is 9.97. The second-order valence-electron chi connectivity index (χ2n) is 7.39. The standard InChI is InChI=1S/C23H26N4O2/c1-29-21-7-3-5-19(15-21)18-4-2-6-20(14-18)26-23(28)17-8-12-27(13-9-17)16-22-24-10-11-25-22/h2-7,10-11,14-15,17H,8-9,12-13,16H2,1H3,(H,24,25)(H,26,28). The molecule has 1 aliphatic heterocycles. The number of carbonyl (C=O) groups is 1. The van der Waals surface area contributed by atoms with E-state index in [1.54, 1.807) is 13.3 Å². The van der Waals surface area contributed by atoms with Crippen LogP contribution in [0.2, 0.25) is 0 Å². The van der Waals surface area contributed by atoms with Gasteiger partial charge in [0.2, 0.25) is 5.91 Å². The van der Waals surface area contributed by atoms with E-state index in [9.17, 15) is 4.79 Å². The quantitative estimate of drug-likeness (QED) is 0.669. The summed E-state index contributed by atoms with van der Waals surface area (Å²) in [6.07, 6.45) is 5.34. The minimum absolute atomic E-state index is 0.0447. The lowest BCUT2D eigenvalue weighted by Gasteiger charge is -2.30. The maximum Gasteiger partial charge on any atom is 0.227 e. The number of imidazole rings is 1. The Kier molecular flexibility index (Phi) is 5.91. The molecule has 0 atom stereocenters. The summed E-state index contributed by atoms with van der Waals surface area (Å²) in [5.41, 5.74) is 2.94. The number of aromatic amines is 1. The lowest BCUT2D eigenvalue weighted by atomic mass is 9.95. The van der Waals surface area contributed by atoms with Crippen molar-refractivity contribution in [1.29, 1.82) is 0 Å². The average molecular weight is 390 g/mol. The van der Waals surface area contributed by atoms with Crippen LogP contribution in [0.3, 0.4) is 0 Å². The van der Waals surface area contributed by atoms with E-state index in [1.165, 1.54) is 0 Å². The van der Waals surface area contributed by atoms with E-state index in [2.05, 4.69) is 20.2 Å². The van der Waals surface area contributed by atoms with Crippen molar-refractivity contribution in [1.82, 2.24) is 14.9 Å². The van der Waals surface area contributed by atoms with Crippen molar-refractivity contribution >= 4 is 11.6 Å². The third-order valence-electron chi connectivity index (χ3n) is 5.42. The van der Waals surface area contributed by atoms with Crippen LogP contribution >= 0.6 is 0 Å². The van der Waals surface area contributed by atoms with Gasteiger partial charge in [0.05, 0.1) is 13.7 Å². The molecule has 1 aliphatic rings. The van der Waals surface area contributed by atoms with Gasteiger partial charge in [-0.2, -0.15) is 0 Å². The molecule has 29 heavy (non-hydrogen) atoms. The predicted molar refractivity (Wildman–Crippen MR) is 114 cm³/mol. The molecule has 1 amide bonds. The number of nitrogens with zero attached hydrogens (tertiary/aromatic N) is 2. The number of ether oxygens (including phenoxy) is 1. The van der Waals surface area contributed by atoms with Gasteiger partial charge in [-0.05, 0) is 61.3 Å². The number of anilines is 1. The maximum atomic E-state index is 12.8. The van der Waals surface area contributed by atoms with E-state index in [0.29, 0.717) is 0 Å². The third kappa shape index (κ3) is 4.84. The monoisotopic (exact) mass is 390 g/mol. The van der Waals surface area contributed by atoms with E-state index in [1.807, 2.05) is 54.7 Å². The molecule has 2 heterocycles. The van der Waals surface area contributed by atoms with Gasteiger partial charge in [-0.3, -0.25) is 9.69 Å². The average Bonchev–Trinajstić information content (AvgIpc) is 3.27. The Labute approximate surface area is 170 Å². The summed E-state index contributed by atoms with van der Waals surface area (Å²) < 4.78 is 5.31. The molecule has 6 heteroatoms. The van der Waals surface area contributed by atoms with Crippen LogP contribution in [-0.4, -0.2) is 41.0 Å². The topological polar surface area (TPSA) is 70.2 Å². The zero-order valence-corrected chi connectivity index (χ0v) is 16.6. The molecular formula is C23H26N4O2. The summed E-state index contributed by atoms with van der Waals surface area (Å²) in [7, 11) is 1.66. The van der Waals surface area contributed by atoms with Crippen LogP contribution in [-0.2, 0) is 11.3 Å². The first-order valence-electron chi connectivity index (χ1n) is 9.97. The minimum Gasteiger partial charge on any atom is -0.497 e. The number of likely N-dealkylation sites (tertiary alicyclic amines) is 1. The molecule has 1 saturated heterocycles. The number of piperidine rings is 1. The molecule has 0 saturated carbocycles. The molecule has 2 N–H and O–H groups in total. The second-order valence-corrected chi connectivity index (χ2v) is 7.39. The lowest BCUT2D eigenvalue weighted by molar-refractivity contribution is -0.121. The summed E-state index contributed by atoms with van der Waals surface area (Å²) in [6, 6.07) is 15.9. The van der Waals surface area contributed by atoms with E-state index < -0.39 is 0 Å². The SMILES string of the molecule is COc1cccc(-c2cccc(NC(=O)C3CCN(Cc4ncc[nH]4)CC3)c2)c1. The smallest absolute Gasteiger partial charge is 0.227 e. The van der Waals surface area contributed by atoms with Gasteiger partial charge in [0, 0.05) is 24.0 Å². The van der Waals surface area contributed by atoms with Crippen LogP contribution in [0.15, 0.2) is 60.9 Å². The number of methoxy groups -OCH3 is 1. The minimum atomic E-state index is 0.0447. The highest BCUT2D eigenvalue weighted by molar-refractivity contribution is 5.93. The normalized spacial score (nSPS) is 15.2. The van der Waals surface area contributed by atoms with Crippen LogP contribution in [0.1, 0.15) is 18.7 Å². The molecule has 2 aromatic carbocycles. The van der Waals surface area contributed by atoms with Crippen molar-refractivity contribution in [3.05, 3.63) is 66.7 Å². The van der Waals surface area contributed by atoms with Gasteiger partial charge in [0.1, 0.15) is 11.6 Å². The van der Waals surface area contributed by atoms with Gasteiger partial charge >= 0.3 is 0 Å². The molecule has 0 radical (unpaired) electrons. The molecule has 3 aromatic rings. The highest BCUT2D eigenvalue weighted by Crippen LogP contribution is 2.27. The molecule has 0 unspecified atom stereocenters. The van der Waals surface area contributed by atoms with Crippen molar-refractivity contribution in [2.75, 3.05) is 25.5 Å². The summed E-state index contributed by atoms with van der Waals surface area (Å²) in [4.78, 5) is 22.5. The first-order chi connectivity index (χ1) is 14.2. The zero-order chi connectivity index (χ0) is 20.1. The fourth-order valence-corrected chi connectivity index (χ4v) is 3.77. The maximum absolute atomic E-state index is 12.8. The molecule has 0 bridgehead atoms. The first kappa shape index (κ1) is 19.2. The number of aromatic nitrogens is 2. The number of nitrogens with one attached hydrogen (secondary N) is 2. The molecule has 4 rings (SSSR count). The molecule has 0 aliphatic carbocycles. The number of amides is 1. The molecular weight excluding hydrogens is 364 g/mol. The highest BCUT2D eigenvalue weighted by atomic mass is 16.5. The lowest BCUT2D eigenvalue weighted by Crippen LogP contribution is -2.38. The Hall–Kier alpha value is -3.12. The molecule has 1 aromatic heterocycles. The Bertz CT molecular complexity index is 947. The van der Waals surface area contributed by atoms with Crippen molar-refractivity contribution in [2.45, 2.75) is 19.4 Å². The van der Waals surface area contributed by atoms with Crippen molar-refractivity contribution < 1.29 is 9.53 Å². The van der Waals surface area contributed by atoms with Gasteiger partial charge in [-0.25, -0.2) is 4.98 Å². The number of hydrogen-bond acceptors (Lipinski definition) is 4. The van der Waals surface area contributed by atoms with Crippen LogP contribution in [0.5, 0.6) is 5.75 Å². The van der Waals surface area contributed by atoms with Crippen molar-refractivity contribution in [3.8, 4) is 16.9 Å². The van der Waals surface area contributed by atoms with E-state index in [4.69, 9.17) is 4.74 Å². The largest absolute Gasteiger partial charge is 0.497 e. The molecule has 1 fully saturated rings. The molecule has 0 spiro atoms. The molecule has 6 nitrogen and oxygen atoms in total. The second kappa shape index (κ2) is 8.92. The van der Waals surface area contributed by atoms with Gasteiger partial charge < -0.3 is 15.0 Å². The summed E-state index contributed by atoms with van der Waals surface area (Å²) >= 11 is 0. The number of carbonyl (C=O) groups excluding carboxylic acids is 1. The van der Waals surface area contributed by atoms with Gasteiger partial charge in [0.25, 0.3) is 0 Å². The van der Waals surface area contributed by atoms with Crippen LogP contribution in [0, 0.1) is 5.92 Å². The van der Waals surface area contributed by atoms with Crippen molar-refractivity contribution in [2.24, 2.45) is 5.92 Å². The summed E-state index contributed by atoms with van der Waals surface area (Å²) in [5.74, 6) is 1.94. The Balaban J connectivity index is 1.35. The third-order valence-corrected chi connectivity index (χ3v) is 5.42. The Morgan fingerprint density at radius 2 is 1.93 bits per heavy atom. The van der Waals surface area contributed by atoms with E-state index in [0.717, 1.165) is 60.9 Å². The predicted octanol–water partition coefficient (Wildman–Crippen LogP) is 3.94. The van der Waals surface area contributed by atoms with Crippen LogP contribution < -0.4 is 10.1 Å². The Morgan fingerprint density at radius 1 is 1.17 bits per heavy atom. The number of H-pyrrole nitrogens is 1. The van der Waals surface area contributed by atoms with Gasteiger partial charge in [-0.1, -0.05) is 24.3 Å². The fraction of sp³-hybridized carbons (Fsp3) is 0.304. The van der Waals surface area contributed by atoms with Crippen LogP contribution in [0.4, 0.5) is 5.69 Å². The number of benzene rings is 2. The summed E-state index contributed by atoms with van der Waals surface area (Å²) in [6.45, 7) is 2.62. The van der Waals surface area contributed by atoms with Gasteiger partial charge in [0.15, 0.2) is 0 Å². The molecule has 150 valence electrons. The Morgan fingerprint density at radius 3 is 2.66 bits per heavy atom. The van der Waals surface area contributed by atoms with Crippen molar-refractivity contribution in [3.63, 3.8) is 0 Å². The van der Waals surface area contributed by atoms with E-state index >= 15 is 0 Å². The van der Waals surface area contributed by atoms with Gasteiger partial charge in [-0.15, -0.1) is 0 Å². The fourth-order valence-electron chi connectivity index (χ4n) is 3.77. The summed E-state index contributed by atoms with van der Waals surface area (Å²) in [5, 5.41) is 3.10. The highest BCUT2D eigenvalue weighted by Gasteiger charge is 2.25.